The van der Waals surface area contributed by atoms with Crippen molar-refractivity contribution in [2.75, 3.05) is 19.6 Å². The summed E-state index contributed by atoms with van der Waals surface area (Å²) in [6, 6.07) is 8.68. The van der Waals surface area contributed by atoms with Gasteiger partial charge >= 0.3 is 5.97 Å². The van der Waals surface area contributed by atoms with Gasteiger partial charge in [0.25, 0.3) is 0 Å². The van der Waals surface area contributed by atoms with E-state index in [1.54, 1.807) is 18.2 Å². The maximum atomic E-state index is 13.9. The highest BCUT2D eigenvalue weighted by molar-refractivity contribution is 7.84. The van der Waals surface area contributed by atoms with Crippen molar-refractivity contribution in [2.45, 2.75) is 24.5 Å². The molecule has 2 aromatic carbocycles. The van der Waals surface area contributed by atoms with Gasteiger partial charge < -0.3 is 19.5 Å². The number of carbonyl (C=O) groups is 1. The number of halogens is 1. The van der Waals surface area contributed by atoms with E-state index in [2.05, 4.69) is 4.90 Å². The second-order valence-electron chi connectivity index (χ2n) is 7.37. The summed E-state index contributed by atoms with van der Waals surface area (Å²) in [5.41, 5.74) is 1.20. The maximum absolute atomic E-state index is 13.9. The zero-order valence-corrected chi connectivity index (χ0v) is 19.3. The second kappa shape index (κ2) is 11.1. The normalized spacial score (nSPS) is 12.5. The van der Waals surface area contributed by atoms with Crippen molar-refractivity contribution in [1.29, 1.82) is 0 Å². The summed E-state index contributed by atoms with van der Waals surface area (Å²) < 4.78 is 32.1. The predicted molar refractivity (Wildman–Crippen MR) is 126 cm³/mol. The predicted octanol–water partition coefficient (Wildman–Crippen LogP) is 5.15. The highest BCUT2D eigenvalue weighted by atomic mass is 32.2. The van der Waals surface area contributed by atoms with Crippen molar-refractivity contribution in [3.05, 3.63) is 77.5 Å². The number of nitrogens with zero attached hydrogens (tertiary/aromatic N) is 1. The standard InChI is InChI=1S/C25H26FNO5S/c1-3-27(4-2)12-5-6-17-14-20(26)8-10-22(17)33(31)16-19-7-9-21(18-11-13-32-15-18)24(28)23(19)25(29)30/h5-11,13-15,28H,3-4,12,16H2,1-2H3,(H,29,30)/b6-5-. The molecule has 8 heteroatoms. The van der Waals surface area contributed by atoms with Gasteiger partial charge in [-0.25, -0.2) is 9.18 Å². The van der Waals surface area contributed by atoms with Gasteiger partial charge in [0.1, 0.15) is 17.1 Å². The van der Waals surface area contributed by atoms with Crippen LogP contribution in [0.15, 0.2) is 64.3 Å². The van der Waals surface area contributed by atoms with E-state index in [0.717, 1.165) is 13.1 Å². The highest BCUT2D eigenvalue weighted by Crippen LogP contribution is 2.35. The minimum absolute atomic E-state index is 0.149. The summed E-state index contributed by atoms with van der Waals surface area (Å²) in [6.07, 6.45) is 6.43. The zero-order chi connectivity index (χ0) is 24.0. The fourth-order valence-electron chi connectivity index (χ4n) is 3.53. The van der Waals surface area contributed by atoms with Crippen molar-refractivity contribution in [3.63, 3.8) is 0 Å². The molecule has 174 valence electrons. The number of rotatable bonds is 10. The average molecular weight is 472 g/mol. The molecule has 1 heterocycles. The van der Waals surface area contributed by atoms with Crippen molar-refractivity contribution in [2.24, 2.45) is 0 Å². The summed E-state index contributed by atoms with van der Waals surface area (Å²) in [5.74, 6) is -2.35. The van der Waals surface area contributed by atoms with Crippen molar-refractivity contribution in [3.8, 4) is 16.9 Å². The lowest BCUT2D eigenvalue weighted by molar-refractivity contribution is 0.0693. The van der Waals surface area contributed by atoms with E-state index >= 15 is 0 Å². The van der Waals surface area contributed by atoms with Crippen LogP contribution in [0.5, 0.6) is 5.75 Å². The molecule has 0 saturated carbocycles. The number of carboxylic acids is 1. The van der Waals surface area contributed by atoms with E-state index in [4.69, 9.17) is 4.42 Å². The lowest BCUT2D eigenvalue weighted by Crippen LogP contribution is -2.22. The first-order valence-electron chi connectivity index (χ1n) is 10.5. The Kier molecular flexibility index (Phi) is 8.19. The van der Waals surface area contributed by atoms with E-state index in [0.29, 0.717) is 28.1 Å². The van der Waals surface area contributed by atoms with Crippen LogP contribution in [0.4, 0.5) is 4.39 Å². The quantitative estimate of drug-likeness (QED) is 0.425. The van der Waals surface area contributed by atoms with Gasteiger partial charge in [0, 0.05) is 22.6 Å². The molecular weight excluding hydrogens is 445 g/mol. The average Bonchev–Trinajstić information content (AvgIpc) is 3.31. The van der Waals surface area contributed by atoms with Gasteiger partial charge in [0.05, 0.1) is 29.1 Å². The van der Waals surface area contributed by atoms with Crippen LogP contribution in [0.2, 0.25) is 0 Å². The van der Waals surface area contributed by atoms with Gasteiger partial charge in [-0.2, -0.15) is 0 Å². The number of aromatic hydroxyl groups is 1. The summed E-state index contributed by atoms with van der Waals surface area (Å²) in [4.78, 5) is 14.5. The Morgan fingerprint density at radius 2 is 1.94 bits per heavy atom. The Labute approximate surface area is 194 Å². The molecule has 0 bridgehead atoms. The van der Waals surface area contributed by atoms with Crippen molar-refractivity contribution >= 4 is 22.8 Å². The van der Waals surface area contributed by atoms with Crippen LogP contribution in [0, 0.1) is 5.82 Å². The molecule has 1 atom stereocenters. The fourth-order valence-corrected chi connectivity index (χ4v) is 4.82. The highest BCUT2D eigenvalue weighted by Gasteiger charge is 2.22. The molecule has 0 saturated heterocycles. The molecule has 0 fully saturated rings. The topological polar surface area (TPSA) is 91.0 Å². The first kappa shape index (κ1) is 24.4. The molecule has 3 aromatic rings. The van der Waals surface area contributed by atoms with Crippen LogP contribution in [0.3, 0.4) is 0 Å². The van der Waals surface area contributed by atoms with E-state index < -0.39 is 28.3 Å². The van der Waals surface area contributed by atoms with Gasteiger partial charge in [-0.05, 0) is 48.5 Å². The molecular formula is C25H26FNO5S. The van der Waals surface area contributed by atoms with Crippen LogP contribution >= 0.6 is 0 Å². The SMILES string of the molecule is CCN(CC)C/C=C\c1cc(F)ccc1S(=O)Cc1ccc(-c2ccoc2)c(O)c1C(=O)O. The number of likely N-dealkylation sites (N-methyl/N-ethyl adjacent to an activating group) is 1. The summed E-state index contributed by atoms with van der Waals surface area (Å²) in [6.45, 7) is 6.51. The van der Waals surface area contributed by atoms with Crippen LogP contribution < -0.4 is 0 Å². The third-order valence-electron chi connectivity index (χ3n) is 5.37. The second-order valence-corrected chi connectivity index (χ2v) is 8.79. The van der Waals surface area contributed by atoms with Crippen molar-refractivity contribution < 1.29 is 28.0 Å². The first-order valence-corrected chi connectivity index (χ1v) is 11.8. The molecule has 1 aromatic heterocycles. The third-order valence-corrected chi connectivity index (χ3v) is 6.80. The largest absolute Gasteiger partial charge is 0.506 e. The number of hydrogen-bond acceptors (Lipinski definition) is 5. The summed E-state index contributed by atoms with van der Waals surface area (Å²) in [5, 5.41) is 20.3. The number of furan rings is 1. The number of hydrogen-bond donors (Lipinski definition) is 2. The molecule has 0 aliphatic rings. The number of aromatic carboxylic acids is 1. The van der Waals surface area contributed by atoms with E-state index in [1.165, 1.54) is 36.8 Å². The van der Waals surface area contributed by atoms with Crippen LogP contribution in [0.1, 0.15) is 35.3 Å². The molecule has 2 N–H and O–H groups in total. The molecule has 3 rings (SSSR count). The van der Waals surface area contributed by atoms with Gasteiger partial charge in [-0.15, -0.1) is 0 Å². The number of phenols is 1. The fraction of sp³-hybridized carbons (Fsp3) is 0.240. The van der Waals surface area contributed by atoms with Crippen LogP contribution in [-0.4, -0.2) is 44.9 Å². The minimum Gasteiger partial charge on any atom is -0.506 e. The lowest BCUT2D eigenvalue weighted by Gasteiger charge is -2.15. The molecule has 33 heavy (non-hydrogen) atoms. The molecule has 0 radical (unpaired) electrons. The monoisotopic (exact) mass is 471 g/mol. The minimum atomic E-state index is -1.67. The number of carboxylic acid groups (broad SMARTS) is 1. The van der Waals surface area contributed by atoms with Crippen molar-refractivity contribution in [1.82, 2.24) is 4.90 Å². The Morgan fingerprint density at radius 3 is 2.58 bits per heavy atom. The van der Waals surface area contributed by atoms with Gasteiger partial charge in [-0.1, -0.05) is 38.1 Å². The molecule has 1 unspecified atom stereocenters. The zero-order valence-electron chi connectivity index (χ0n) is 18.5. The van der Waals surface area contributed by atoms with Crippen LogP contribution in [0.25, 0.3) is 17.2 Å². The molecule has 0 aliphatic carbocycles. The van der Waals surface area contributed by atoms with Crippen LogP contribution in [-0.2, 0) is 16.6 Å². The third kappa shape index (κ3) is 5.77. The Bertz CT molecular complexity index is 1170. The molecule has 0 spiro atoms. The lowest BCUT2D eigenvalue weighted by atomic mass is 9.99. The Balaban J connectivity index is 1.92. The maximum Gasteiger partial charge on any atom is 0.339 e. The smallest absolute Gasteiger partial charge is 0.339 e. The van der Waals surface area contributed by atoms with Gasteiger partial charge in [0.2, 0.25) is 0 Å². The van der Waals surface area contributed by atoms with Gasteiger partial charge in [-0.3, -0.25) is 4.21 Å². The molecule has 0 amide bonds. The Morgan fingerprint density at radius 1 is 1.18 bits per heavy atom. The first-order chi connectivity index (χ1) is 15.8. The Hall–Kier alpha value is -3.23. The van der Waals surface area contributed by atoms with E-state index in [1.807, 2.05) is 19.9 Å². The van der Waals surface area contributed by atoms with E-state index in [-0.39, 0.29) is 16.9 Å². The summed E-state index contributed by atoms with van der Waals surface area (Å²) >= 11 is 0. The number of benzene rings is 2. The van der Waals surface area contributed by atoms with Gasteiger partial charge in [0.15, 0.2) is 0 Å². The molecule has 0 aliphatic heterocycles. The molecule has 6 nitrogen and oxygen atoms in total. The summed E-state index contributed by atoms with van der Waals surface area (Å²) in [7, 11) is -1.67. The van der Waals surface area contributed by atoms with E-state index in [9.17, 15) is 23.6 Å².